The lowest BCUT2D eigenvalue weighted by Gasteiger charge is -2.26. The minimum absolute atomic E-state index is 0.0169. The fraction of sp³-hybridized carbons (Fsp3) is 0.538. The number of benzene rings is 1. The van der Waals surface area contributed by atoms with Crippen molar-refractivity contribution in [1.29, 1.82) is 0 Å². The molecule has 0 bridgehead atoms. The van der Waals surface area contributed by atoms with Gasteiger partial charge in [-0.2, -0.15) is 0 Å². The first kappa shape index (κ1) is 14.1. The summed E-state index contributed by atoms with van der Waals surface area (Å²) >= 11 is 0. The van der Waals surface area contributed by atoms with Gasteiger partial charge in [-0.15, -0.1) is 0 Å². The van der Waals surface area contributed by atoms with Gasteiger partial charge < -0.3 is 14.8 Å². The van der Waals surface area contributed by atoms with Crippen LogP contribution < -0.4 is 5.32 Å². The molecule has 0 spiro atoms. The zero-order chi connectivity index (χ0) is 12.8. The predicted molar refractivity (Wildman–Crippen MR) is 65.2 cm³/mol. The molecule has 1 aromatic rings. The second kappa shape index (κ2) is 6.69. The molecule has 0 heterocycles. The van der Waals surface area contributed by atoms with Gasteiger partial charge in [-0.3, -0.25) is 0 Å². The van der Waals surface area contributed by atoms with Crippen LogP contribution >= 0.6 is 0 Å². The fourth-order valence-electron chi connectivity index (χ4n) is 1.85. The number of hydrogen-bond acceptors (Lipinski definition) is 3. The van der Waals surface area contributed by atoms with Crippen LogP contribution in [0.3, 0.4) is 0 Å². The van der Waals surface area contributed by atoms with Crippen molar-refractivity contribution in [2.45, 2.75) is 32.2 Å². The van der Waals surface area contributed by atoms with Crippen molar-refractivity contribution in [2.24, 2.45) is 0 Å². The van der Waals surface area contributed by atoms with E-state index in [0.717, 1.165) is 5.56 Å². The number of ether oxygens (including phenoxy) is 2. The van der Waals surface area contributed by atoms with Crippen LogP contribution in [0.2, 0.25) is 0 Å². The predicted octanol–water partition coefficient (Wildman–Crippen LogP) is 2.48. The maximum Gasteiger partial charge on any atom is 0.171 e. The molecule has 17 heavy (non-hydrogen) atoms. The third kappa shape index (κ3) is 4.07. The highest BCUT2D eigenvalue weighted by molar-refractivity contribution is 5.19. The molecule has 0 amide bonds. The zero-order valence-electron chi connectivity index (χ0n) is 10.7. The molecule has 1 rings (SSSR count). The lowest BCUT2D eigenvalue weighted by Crippen LogP contribution is -2.40. The Morgan fingerprint density at radius 3 is 2.35 bits per heavy atom. The molecule has 0 aliphatic carbocycles. The first-order chi connectivity index (χ1) is 8.08. The van der Waals surface area contributed by atoms with Crippen LogP contribution in [0, 0.1) is 5.82 Å². The molecule has 0 aliphatic rings. The number of halogens is 1. The standard InChI is InChI=1S/C13H20FNO2/c1-9(11-6-5-7-12(14)8-11)15-10(2)13(16-3)17-4/h5-10,13,15H,1-4H3/t9-,10?/m0/s1. The van der Waals surface area contributed by atoms with Gasteiger partial charge in [0.15, 0.2) is 6.29 Å². The molecular formula is C13H20FNO2. The molecule has 1 unspecified atom stereocenters. The molecule has 2 atom stereocenters. The highest BCUT2D eigenvalue weighted by Gasteiger charge is 2.18. The van der Waals surface area contributed by atoms with Crippen molar-refractivity contribution in [3.63, 3.8) is 0 Å². The Balaban J connectivity index is 2.62. The van der Waals surface area contributed by atoms with E-state index in [0.29, 0.717) is 0 Å². The molecule has 0 aromatic heterocycles. The first-order valence-electron chi connectivity index (χ1n) is 5.65. The molecule has 0 fully saturated rings. The van der Waals surface area contributed by atoms with Gasteiger partial charge in [0.25, 0.3) is 0 Å². The second-order valence-electron chi connectivity index (χ2n) is 4.07. The van der Waals surface area contributed by atoms with E-state index < -0.39 is 0 Å². The summed E-state index contributed by atoms with van der Waals surface area (Å²) < 4.78 is 23.4. The monoisotopic (exact) mass is 241 g/mol. The molecule has 96 valence electrons. The molecule has 0 saturated carbocycles. The van der Waals surface area contributed by atoms with E-state index in [-0.39, 0.29) is 24.2 Å². The quantitative estimate of drug-likeness (QED) is 0.776. The van der Waals surface area contributed by atoms with Gasteiger partial charge in [0, 0.05) is 20.3 Å². The van der Waals surface area contributed by atoms with E-state index in [1.807, 2.05) is 19.9 Å². The summed E-state index contributed by atoms with van der Waals surface area (Å²) in [5.74, 6) is -0.223. The summed E-state index contributed by atoms with van der Waals surface area (Å²) in [6.07, 6.45) is -0.314. The highest BCUT2D eigenvalue weighted by Crippen LogP contribution is 2.15. The smallest absolute Gasteiger partial charge is 0.171 e. The molecule has 1 N–H and O–H groups in total. The lowest BCUT2D eigenvalue weighted by molar-refractivity contribution is -0.120. The minimum Gasteiger partial charge on any atom is -0.354 e. The SMILES string of the molecule is COC(OC)C(C)N[C@@H](C)c1cccc(F)c1. The van der Waals surface area contributed by atoms with Crippen LogP contribution in [-0.2, 0) is 9.47 Å². The van der Waals surface area contributed by atoms with Gasteiger partial charge in [0.1, 0.15) is 5.82 Å². The minimum atomic E-state index is -0.314. The van der Waals surface area contributed by atoms with E-state index in [1.54, 1.807) is 20.3 Å². The Morgan fingerprint density at radius 1 is 1.18 bits per heavy atom. The van der Waals surface area contributed by atoms with Crippen molar-refractivity contribution in [3.8, 4) is 0 Å². The molecule has 0 radical (unpaired) electrons. The van der Waals surface area contributed by atoms with E-state index in [9.17, 15) is 4.39 Å². The first-order valence-corrected chi connectivity index (χ1v) is 5.65. The van der Waals surface area contributed by atoms with Gasteiger partial charge in [0.2, 0.25) is 0 Å². The van der Waals surface area contributed by atoms with Crippen LogP contribution in [0.4, 0.5) is 4.39 Å². The number of methoxy groups -OCH3 is 2. The summed E-state index contributed by atoms with van der Waals surface area (Å²) in [7, 11) is 3.19. The zero-order valence-corrected chi connectivity index (χ0v) is 10.7. The van der Waals surface area contributed by atoms with Crippen molar-refractivity contribution < 1.29 is 13.9 Å². The maximum atomic E-state index is 13.1. The van der Waals surface area contributed by atoms with Crippen molar-refractivity contribution in [3.05, 3.63) is 35.6 Å². The topological polar surface area (TPSA) is 30.5 Å². The summed E-state index contributed by atoms with van der Waals surface area (Å²) in [5, 5.41) is 3.31. The Kier molecular flexibility index (Phi) is 5.55. The second-order valence-corrected chi connectivity index (χ2v) is 4.07. The van der Waals surface area contributed by atoms with E-state index in [2.05, 4.69) is 5.32 Å². The lowest BCUT2D eigenvalue weighted by atomic mass is 10.1. The van der Waals surface area contributed by atoms with Gasteiger partial charge in [-0.25, -0.2) is 4.39 Å². The average molecular weight is 241 g/mol. The maximum absolute atomic E-state index is 13.1. The van der Waals surface area contributed by atoms with Crippen molar-refractivity contribution in [1.82, 2.24) is 5.32 Å². The largest absolute Gasteiger partial charge is 0.354 e. The van der Waals surface area contributed by atoms with E-state index >= 15 is 0 Å². The molecule has 0 aliphatic heterocycles. The third-order valence-corrected chi connectivity index (χ3v) is 2.73. The van der Waals surface area contributed by atoms with Gasteiger partial charge in [-0.1, -0.05) is 12.1 Å². The third-order valence-electron chi connectivity index (χ3n) is 2.73. The van der Waals surface area contributed by atoms with Crippen molar-refractivity contribution in [2.75, 3.05) is 14.2 Å². The molecule has 0 saturated heterocycles. The van der Waals surface area contributed by atoms with Gasteiger partial charge in [0.05, 0.1) is 6.04 Å². The molecule has 3 nitrogen and oxygen atoms in total. The van der Waals surface area contributed by atoms with Crippen LogP contribution in [-0.4, -0.2) is 26.6 Å². The summed E-state index contributed by atoms with van der Waals surface area (Å²) in [6.45, 7) is 3.95. The van der Waals surface area contributed by atoms with Crippen LogP contribution in [0.5, 0.6) is 0 Å². The Bertz CT molecular complexity index is 342. The van der Waals surface area contributed by atoms with Crippen LogP contribution in [0.25, 0.3) is 0 Å². The van der Waals surface area contributed by atoms with Gasteiger partial charge in [-0.05, 0) is 31.5 Å². The van der Waals surface area contributed by atoms with Crippen molar-refractivity contribution >= 4 is 0 Å². The Morgan fingerprint density at radius 2 is 1.82 bits per heavy atom. The average Bonchev–Trinajstić information content (AvgIpc) is 2.30. The molecule has 4 heteroatoms. The number of nitrogens with one attached hydrogen (secondary N) is 1. The fourth-order valence-corrected chi connectivity index (χ4v) is 1.85. The van der Waals surface area contributed by atoms with E-state index in [1.165, 1.54) is 12.1 Å². The van der Waals surface area contributed by atoms with Crippen LogP contribution in [0.1, 0.15) is 25.5 Å². The summed E-state index contributed by atoms with van der Waals surface area (Å²) in [5.41, 5.74) is 0.905. The molecular weight excluding hydrogens is 221 g/mol. The summed E-state index contributed by atoms with van der Waals surface area (Å²) in [4.78, 5) is 0. The molecule has 1 aromatic carbocycles. The Hall–Kier alpha value is -0.970. The van der Waals surface area contributed by atoms with E-state index in [4.69, 9.17) is 9.47 Å². The van der Waals surface area contributed by atoms with Crippen LogP contribution in [0.15, 0.2) is 24.3 Å². The normalized spacial score (nSPS) is 14.9. The van der Waals surface area contributed by atoms with Gasteiger partial charge >= 0.3 is 0 Å². The number of hydrogen-bond donors (Lipinski definition) is 1. The Labute approximate surface area is 102 Å². The summed E-state index contributed by atoms with van der Waals surface area (Å²) in [6, 6.07) is 6.61. The highest BCUT2D eigenvalue weighted by atomic mass is 19.1. The number of rotatable bonds is 6.